The van der Waals surface area contributed by atoms with E-state index in [9.17, 15) is 18.0 Å². The van der Waals surface area contributed by atoms with Crippen molar-refractivity contribution in [3.63, 3.8) is 0 Å². The molecule has 1 unspecified atom stereocenters. The van der Waals surface area contributed by atoms with E-state index in [2.05, 4.69) is 10.6 Å². The molecular weight excluding hydrogens is 225 g/mol. The molecule has 3 N–H and O–H groups in total. The van der Waals surface area contributed by atoms with Gasteiger partial charge in [-0.3, -0.25) is 4.79 Å². The lowest BCUT2D eigenvalue weighted by Crippen LogP contribution is -2.47. The van der Waals surface area contributed by atoms with Crippen molar-refractivity contribution < 1.29 is 23.1 Å². The minimum Gasteiger partial charge on any atom is -0.382 e. The minimum atomic E-state index is -4.66. The van der Waals surface area contributed by atoms with Crippen molar-refractivity contribution in [2.24, 2.45) is 0 Å². The van der Waals surface area contributed by atoms with Crippen molar-refractivity contribution in [1.29, 1.82) is 0 Å². The second-order valence-electron chi connectivity index (χ2n) is 4.49. The molecule has 0 saturated carbocycles. The maximum atomic E-state index is 11.9. The molecule has 0 aromatic heterocycles. The van der Waals surface area contributed by atoms with E-state index < -0.39 is 30.3 Å². The summed E-state index contributed by atoms with van der Waals surface area (Å²) in [4.78, 5) is 11.2. The molecule has 1 amide bonds. The molecule has 16 heavy (non-hydrogen) atoms. The monoisotopic (exact) mass is 242 g/mol. The summed E-state index contributed by atoms with van der Waals surface area (Å²) in [6.45, 7) is 4.33. The zero-order valence-electron chi connectivity index (χ0n) is 9.48. The molecule has 0 spiro atoms. The topological polar surface area (TPSA) is 61.4 Å². The van der Waals surface area contributed by atoms with E-state index in [-0.39, 0.29) is 6.54 Å². The highest BCUT2D eigenvalue weighted by Crippen LogP contribution is 2.18. The Morgan fingerprint density at radius 2 is 1.81 bits per heavy atom. The Kier molecular flexibility index (Phi) is 5.21. The molecule has 96 valence electrons. The van der Waals surface area contributed by atoms with Crippen LogP contribution in [0.3, 0.4) is 0 Å². The molecule has 7 heteroatoms. The molecule has 0 saturated heterocycles. The first-order valence-corrected chi connectivity index (χ1v) is 4.79. The SMILES string of the molecule is CC(C)(C)NC(=O)CNCC(O)C(F)(F)F. The van der Waals surface area contributed by atoms with Crippen LogP contribution < -0.4 is 10.6 Å². The lowest BCUT2D eigenvalue weighted by atomic mass is 10.1. The number of aliphatic hydroxyl groups excluding tert-OH is 1. The normalized spacial score (nSPS) is 14.7. The fraction of sp³-hybridized carbons (Fsp3) is 0.889. The zero-order chi connectivity index (χ0) is 13.0. The summed E-state index contributed by atoms with van der Waals surface area (Å²) in [6.07, 6.45) is -7.11. The van der Waals surface area contributed by atoms with Crippen molar-refractivity contribution >= 4 is 5.91 Å². The third kappa shape index (κ3) is 7.47. The summed E-state index contributed by atoms with van der Waals surface area (Å²) < 4.78 is 35.6. The van der Waals surface area contributed by atoms with Gasteiger partial charge in [0.15, 0.2) is 6.10 Å². The van der Waals surface area contributed by atoms with Crippen LogP contribution in [-0.2, 0) is 4.79 Å². The van der Waals surface area contributed by atoms with Crippen LogP contribution in [0.1, 0.15) is 20.8 Å². The number of amides is 1. The quantitative estimate of drug-likeness (QED) is 0.669. The van der Waals surface area contributed by atoms with E-state index >= 15 is 0 Å². The molecule has 0 bridgehead atoms. The molecule has 1 atom stereocenters. The van der Waals surface area contributed by atoms with Crippen molar-refractivity contribution in [3.8, 4) is 0 Å². The van der Waals surface area contributed by atoms with Crippen LogP contribution in [-0.4, -0.2) is 41.9 Å². The van der Waals surface area contributed by atoms with Gasteiger partial charge in [0.25, 0.3) is 0 Å². The summed E-state index contributed by atoms with van der Waals surface area (Å²) >= 11 is 0. The van der Waals surface area contributed by atoms with Gasteiger partial charge in [-0.1, -0.05) is 0 Å². The number of alkyl halides is 3. The van der Waals surface area contributed by atoms with Gasteiger partial charge in [-0.15, -0.1) is 0 Å². The number of hydrogen-bond acceptors (Lipinski definition) is 3. The maximum Gasteiger partial charge on any atom is 0.415 e. The van der Waals surface area contributed by atoms with Crippen molar-refractivity contribution in [3.05, 3.63) is 0 Å². The fourth-order valence-electron chi connectivity index (χ4n) is 0.901. The third-order valence-electron chi connectivity index (χ3n) is 1.52. The Bertz CT molecular complexity index is 236. The smallest absolute Gasteiger partial charge is 0.382 e. The van der Waals surface area contributed by atoms with Crippen LogP contribution in [0, 0.1) is 0 Å². The van der Waals surface area contributed by atoms with Gasteiger partial charge in [-0.25, -0.2) is 0 Å². The van der Waals surface area contributed by atoms with Gasteiger partial charge >= 0.3 is 6.18 Å². The Hall–Kier alpha value is -0.820. The summed E-state index contributed by atoms with van der Waals surface area (Å²) in [6, 6.07) is 0. The lowest BCUT2D eigenvalue weighted by Gasteiger charge is -2.21. The predicted octanol–water partition coefficient (Wildman–Crippen LogP) is 0.414. The predicted molar refractivity (Wildman–Crippen MR) is 52.8 cm³/mol. The lowest BCUT2D eigenvalue weighted by molar-refractivity contribution is -0.201. The average molecular weight is 242 g/mol. The van der Waals surface area contributed by atoms with Gasteiger partial charge in [-0.2, -0.15) is 13.2 Å². The van der Waals surface area contributed by atoms with Crippen molar-refractivity contribution in [1.82, 2.24) is 10.6 Å². The largest absolute Gasteiger partial charge is 0.415 e. The summed E-state index contributed by atoms with van der Waals surface area (Å²) in [5.74, 6) is -0.415. The molecule has 0 heterocycles. The van der Waals surface area contributed by atoms with Gasteiger partial charge in [0, 0.05) is 12.1 Å². The highest BCUT2D eigenvalue weighted by Gasteiger charge is 2.37. The van der Waals surface area contributed by atoms with Gasteiger partial charge in [0.2, 0.25) is 5.91 Å². The van der Waals surface area contributed by atoms with Crippen LogP contribution in [0.4, 0.5) is 13.2 Å². The zero-order valence-corrected chi connectivity index (χ0v) is 9.48. The number of carbonyl (C=O) groups excluding carboxylic acids is 1. The summed E-state index contributed by atoms with van der Waals surface area (Å²) in [5.41, 5.74) is -0.429. The molecule has 0 aromatic rings. The highest BCUT2D eigenvalue weighted by atomic mass is 19.4. The molecule has 0 aliphatic carbocycles. The van der Waals surface area contributed by atoms with Gasteiger partial charge in [0.05, 0.1) is 6.54 Å². The van der Waals surface area contributed by atoms with E-state index in [1.54, 1.807) is 20.8 Å². The second kappa shape index (κ2) is 5.49. The Morgan fingerprint density at radius 3 is 2.19 bits per heavy atom. The molecule has 0 aromatic carbocycles. The van der Waals surface area contributed by atoms with E-state index in [0.29, 0.717) is 0 Å². The van der Waals surface area contributed by atoms with Crippen LogP contribution in [0.15, 0.2) is 0 Å². The second-order valence-corrected chi connectivity index (χ2v) is 4.49. The van der Waals surface area contributed by atoms with Gasteiger partial charge in [-0.05, 0) is 20.8 Å². The fourth-order valence-corrected chi connectivity index (χ4v) is 0.901. The summed E-state index contributed by atoms with van der Waals surface area (Å²) in [7, 11) is 0. The van der Waals surface area contributed by atoms with Crippen molar-refractivity contribution in [2.75, 3.05) is 13.1 Å². The first-order chi connectivity index (χ1) is 7.02. The summed E-state index contributed by atoms with van der Waals surface area (Å²) in [5, 5.41) is 13.4. The Balaban J connectivity index is 3.79. The molecule has 0 radical (unpaired) electrons. The van der Waals surface area contributed by atoms with E-state index in [1.165, 1.54) is 0 Å². The minimum absolute atomic E-state index is 0.260. The maximum absolute atomic E-state index is 11.9. The number of halogens is 3. The van der Waals surface area contributed by atoms with Crippen LogP contribution in [0.5, 0.6) is 0 Å². The molecule has 0 rings (SSSR count). The first kappa shape index (κ1) is 15.2. The third-order valence-corrected chi connectivity index (χ3v) is 1.52. The Labute approximate surface area is 92.2 Å². The van der Waals surface area contributed by atoms with Crippen LogP contribution >= 0.6 is 0 Å². The van der Waals surface area contributed by atoms with E-state index in [4.69, 9.17) is 5.11 Å². The van der Waals surface area contributed by atoms with Gasteiger partial charge in [0.1, 0.15) is 0 Å². The van der Waals surface area contributed by atoms with Crippen LogP contribution in [0.2, 0.25) is 0 Å². The molecular formula is C9H17F3N2O2. The number of aliphatic hydroxyl groups is 1. The van der Waals surface area contributed by atoms with E-state index in [0.717, 1.165) is 0 Å². The molecule has 4 nitrogen and oxygen atoms in total. The van der Waals surface area contributed by atoms with E-state index in [1.807, 2.05) is 0 Å². The highest BCUT2D eigenvalue weighted by molar-refractivity contribution is 5.78. The average Bonchev–Trinajstić information content (AvgIpc) is 1.98. The van der Waals surface area contributed by atoms with Gasteiger partial charge < -0.3 is 15.7 Å². The van der Waals surface area contributed by atoms with Crippen LogP contribution in [0.25, 0.3) is 0 Å². The number of hydrogen-bond donors (Lipinski definition) is 3. The Morgan fingerprint density at radius 1 is 1.31 bits per heavy atom. The number of rotatable bonds is 4. The first-order valence-electron chi connectivity index (χ1n) is 4.79. The molecule has 0 fully saturated rings. The molecule has 0 aliphatic rings. The number of carbonyl (C=O) groups is 1. The standard InChI is InChI=1S/C9H17F3N2O2/c1-8(2,3)14-7(16)5-13-4-6(15)9(10,11)12/h6,13,15H,4-5H2,1-3H3,(H,14,16). The number of nitrogens with one attached hydrogen (secondary N) is 2. The molecule has 0 aliphatic heterocycles. The van der Waals surface area contributed by atoms with Crippen molar-refractivity contribution in [2.45, 2.75) is 38.6 Å².